The largest absolute Gasteiger partial charge is 0.348 e. The smallest absolute Gasteiger partial charge is 0.183 e. The summed E-state index contributed by atoms with van der Waals surface area (Å²) in [6.07, 6.45) is 12.6. The maximum atomic E-state index is 14.4. The summed E-state index contributed by atoms with van der Waals surface area (Å²) in [6.45, 7) is 2.75. The van der Waals surface area contributed by atoms with Crippen molar-refractivity contribution >= 4 is 11.5 Å². The van der Waals surface area contributed by atoms with Gasteiger partial charge in [-0.1, -0.05) is 6.07 Å². The van der Waals surface area contributed by atoms with E-state index in [1.165, 1.54) is 6.07 Å². The number of fused-ring (bicyclic) bond motifs is 1. The molecule has 5 aromatic rings. The summed E-state index contributed by atoms with van der Waals surface area (Å²) < 4.78 is 17.9. The molecule has 0 bridgehead atoms. The predicted molar refractivity (Wildman–Crippen MR) is 122 cm³/mol. The molecule has 5 aromatic heterocycles. The topological polar surface area (TPSA) is 77.0 Å². The van der Waals surface area contributed by atoms with Gasteiger partial charge in [0, 0.05) is 48.2 Å². The van der Waals surface area contributed by atoms with Crippen molar-refractivity contribution in [2.45, 2.75) is 25.8 Å². The standard InChI is InChI=1S/C24H21FN8/c1-16-6-7-17(12-27-16)18-13-28-33(15-18)21-14-29-32-11-8-22(30-24(21)32)31-10-3-5-20(31)23-19(25)4-2-9-26-23/h2,4,6-9,11-15,20H,3,5,10H2,1H3/t20-/m1/s1. The summed E-state index contributed by atoms with van der Waals surface area (Å²) in [6, 6.07) is 8.86. The summed E-state index contributed by atoms with van der Waals surface area (Å²) in [5.41, 5.74) is 4.84. The highest BCUT2D eigenvalue weighted by atomic mass is 19.1. The van der Waals surface area contributed by atoms with Crippen molar-refractivity contribution in [3.8, 4) is 16.8 Å². The van der Waals surface area contributed by atoms with Gasteiger partial charge in [0.25, 0.3) is 0 Å². The Morgan fingerprint density at radius 1 is 1.00 bits per heavy atom. The van der Waals surface area contributed by atoms with Crippen LogP contribution in [0, 0.1) is 12.7 Å². The van der Waals surface area contributed by atoms with Crippen LogP contribution in [0.4, 0.5) is 10.2 Å². The molecule has 6 rings (SSSR count). The molecule has 0 radical (unpaired) electrons. The van der Waals surface area contributed by atoms with Gasteiger partial charge < -0.3 is 4.90 Å². The van der Waals surface area contributed by atoms with Crippen molar-refractivity contribution in [3.05, 3.63) is 84.7 Å². The summed E-state index contributed by atoms with van der Waals surface area (Å²) in [5, 5.41) is 8.97. The van der Waals surface area contributed by atoms with E-state index >= 15 is 0 Å². The van der Waals surface area contributed by atoms with Crippen molar-refractivity contribution in [2.75, 3.05) is 11.4 Å². The zero-order valence-corrected chi connectivity index (χ0v) is 18.0. The van der Waals surface area contributed by atoms with Gasteiger partial charge in [0.15, 0.2) is 5.65 Å². The van der Waals surface area contributed by atoms with Crippen LogP contribution >= 0.6 is 0 Å². The molecular formula is C24H21FN8. The molecule has 33 heavy (non-hydrogen) atoms. The van der Waals surface area contributed by atoms with Crippen LogP contribution in [0.3, 0.4) is 0 Å². The molecule has 8 nitrogen and oxygen atoms in total. The number of rotatable bonds is 4. The number of hydrogen-bond acceptors (Lipinski definition) is 6. The second-order valence-electron chi connectivity index (χ2n) is 8.17. The highest BCUT2D eigenvalue weighted by Crippen LogP contribution is 2.35. The fourth-order valence-corrected chi connectivity index (χ4v) is 4.38. The molecule has 0 aliphatic carbocycles. The Kier molecular flexibility index (Phi) is 4.60. The van der Waals surface area contributed by atoms with E-state index in [1.807, 2.05) is 43.7 Å². The molecule has 0 unspecified atom stereocenters. The van der Waals surface area contributed by atoms with Gasteiger partial charge in [-0.2, -0.15) is 10.2 Å². The first-order valence-electron chi connectivity index (χ1n) is 10.9. The molecule has 164 valence electrons. The minimum Gasteiger partial charge on any atom is -0.348 e. The lowest BCUT2D eigenvalue weighted by atomic mass is 10.1. The van der Waals surface area contributed by atoms with Crippen LogP contribution in [0.1, 0.15) is 30.3 Å². The summed E-state index contributed by atoms with van der Waals surface area (Å²) in [7, 11) is 0. The van der Waals surface area contributed by atoms with Gasteiger partial charge in [0.05, 0.1) is 24.1 Å². The lowest BCUT2D eigenvalue weighted by Crippen LogP contribution is -2.25. The third kappa shape index (κ3) is 3.42. The monoisotopic (exact) mass is 440 g/mol. The third-order valence-corrected chi connectivity index (χ3v) is 6.06. The first-order valence-corrected chi connectivity index (χ1v) is 10.9. The average Bonchev–Trinajstić information content (AvgIpc) is 3.58. The molecule has 1 saturated heterocycles. The minimum absolute atomic E-state index is 0.141. The minimum atomic E-state index is -0.282. The van der Waals surface area contributed by atoms with E-state index < -0.39 is 0 Å². The summed E-state index contributed by atoms with van der Waals surface area (Å²) >= 11 is 0. The van der Waals surface area contributed by atoms with Gasteiger partial charge in [-0.25, -0.2) is 18.6 Å². The van der Waals surface area contributed by atoms with Crippen LogP contribution in [-0.4, -0.2) is 40.9 Å². The number of pyridine rings is 2. The lowest BCUT2D eigenvalue weighted by Gasteiger charge is -2.25. The molecule has 9 heteroatoms. The zero-order chi connectivity index (χ0) is 22.4. The fraction of sp³-hybridized carbons (Fsp3) is 0.208. The van der Waals surface area contributed by atoms with Gasteiger partial charge in [0.1, 0.15) is 17.3 Å². The van der Waals surface area contributed by atoms with E-state index in [4.69, 9.17) is 4.98 Å². The highest BCUT2D eigenvalue weighted by Gasteiger charge is 2.30. The quantitative estimate of drug-likeness (QED) is 0.418. The summed E-state index contributed by atoms with van der Waals surface area (Å²) in [5.74, 6) is 0.488. The molecule has 1 aliphatic rings. The SMILES string of the molecule is Cc1ccc(-c2cnn(-c3cnn4ccc(N5CCC[C@@H]5c5ncccc5F)nc34)c2)cn1. The van der Waals surface area contributed by atoms with Crippen LogP contribution in [0.5, 0.6) is 0 Å². The molecule has 6 heterocycles. The maximum absolute atomic E-state index is 14.4. The van der Waals surface area contributed by atoms with Crippen LogP contribution < -0.4 is 4.90 Å². The molecule has 0 N–H and O–H groups in total. The molecular weight excluding hydrogens is 419 g/mol. The molecule has 1 aliphatic heterocycles. The first kappa shape index (κ1) is 19.5. The maximum Gasteiger partial charge on any atom is 0.183 e. The van der Waals surface area contributed by atoms with Gasteiger partial charge >= 0.3 is 0 Å². The Balaban J connectivity index is 1.37. The van der Waals surface area contributed by atoms with E-state index in [1.54, 1.807) is 33.9 Å². The second-order valence-corrected chi connectivity index (χ2v) is 8.17. The van der Waals surface area contributed by atoms with Gasteiger partial charge in [0.2, 0.25) is 0 Å². The predicted octanol–water partition coefficient (Wildman–Crippen LogP) is 4.16. The Hall–Kier alpha value is -4.14. The highest BCUT2D eigenvalue weighted by molar-refractivity contribution is 5.65. The molecule has 0 spiro atoms. The van der Waals surface area contributed by atoms with Gasteiger partial charge in [-0.3, -0.25) is 9.97 Å². The fourth-order valence-electron chi connectivity index (χ4n) is 4.38. The molecule has 1 atom stereocenters. The van der Waals surface area contributed by atoms with Gasteiger partial charge in [-0.15, -0.1) is 0 Å². The zero-order valence-electron chi connectivity index (χ0n) is 18.0. The Morgan fingerprint density at radius 3 is 2.79 bits per heavy atom. The Morgan fingerprint density at radius 2 is 1.94 bits per heavy atom. The van der Waals surface area contributed by atoms with Crippen LogP contribution in [0.15, 0.2) is 67.5 Å². The molecule has 0 aromatic carbocycles. The van der Waals surface area contributed by atoms with Crippen LogP contribution in [0.25, 0.3) is 22.5 Å². The molecule has 1 fully saturated rings. The van der Waals surface area contributed by atoms with E-state index in [-0.39, 0.29) is 11.9 Å². The number of aromatic nitrogens is 7. The van der Waals surface area contributed by atoms with Crippen molar-refractivity contribution in [2.24, 2.45) is 0 Å². The van der Waals surface area contributed by atoms with E-state index in [2.05, 4.69) is 25.1 Å². The average molecular weight is 440 g/mol. The van der Waals surface area contributed by atoms with Crippen molar-refractivity contribution in [1.82, 2.24) is 34.3 Å². The van der Waals surface area contributed by atoms with Gasteiger partial charge in [-0.05, 0) is 44.0 Å². The Labute approximate surface area is 189 Å². The van der Waals surface area contributed by atoms with Crippen molar-refractivity contribution in [1.29, 1.82) is 0 Å². The van der Waals surface area contributed by atoms with E-state index in [9.17, 15) is 4.39 Å². The number of nitrogens with zero attached hydrogens (tertiary/aromatic N) is 8. The normalized spacial score (nSPS) is 16.1. The van der Waals surface area contributed by atoms with Crippen LogP contribution in [-0.2, 0) is 0 Å². The summed E-state index contributed by atoms with van der Waals surface area (Å²) in [4.78, 5) is 15.7. The second kappa shape index (κ2) is 7.77. The van der Waals surface area contributed by atoms with Crippen molar-refractivity contribution < 1.29 is 4.39 Å². The molecule has 0 saturated carbocycles. The lowest BCUT2D eigenvalue weighted by molar-refractivity contribution is 0.562. The number of anilines is 1. The number of hydrogen-bond donors (Lipinski definition) is 0. The van der Waals surface area contributed by atoms with E-state index in [0.29, 0.717) is 11.3 Å². The first-order chi connectivity index (χ1) is 16.2. The van der Waals surface area contributed by atoms with Crippen LogP contribution in [0.2, 0.25) is 0 Å². The number of halogens is 1. The Bertz CT molecular complexity index is 1440. The van der Waals surface area contributed by atoms with Crippen molar-refractivity contribution in [3.63, 3.8) is 0 Å². The third-order valence-electron chi connectivity index (χ3n) is 6.06. The van der Waals surface area contributed by atoms with E-state index in [0.717, 1.165) is 47.7 Å². The molecule has 0 amide bonds. The number of aryl methyl sites for hydroxylation is 1.